The predicted octanol–water partition coefficient (Wildman–Crippen LogP) is 5.64. The molecule has 6 heteroatoms. The molecule has 0 spiro atoms. The van der Waals surface area contributed by atoms with Gasteiger partial charge in [0.2, 0.25) is 0 Å². The minimum Gasteiger partial charge on any atom is -0.481 e. The van der Waals surface area contributed by atoms with E-state index in [-0.39, 0.29) is 12.2 Å². The molecule has 0 aliphatic heterocycles. The van der Waals surface area contributed by atoms with Gasteiger partial charge in [-0.05, 0) is 40.5 Å². The summed E-state index contributed by atoms with van der Waals surface area (Å²) in [5, 5.41) is 11.9. The highest BCUT2D eigenvalue weighted by Crippen LogP contribution is 2.36. The third-order valence-electron chi connectivity index (χ3n) is 3.42. The molecule has 0 radical (unpaired) electrons. The van der Waals surface area contributed by atoms with E-state index >= 15 is 0 Å². The van der Waals surface area contributed by atoms with E-state index in [1.165, 1.54) is 32.1 Å². The van der Waals surface area contributed by atoms with E-state index in [4.69, 9.17) is 14.2 Å². The molecule has 0 fully saturated rings. The summed E-state index contributed by atoms with van der Waals surface area (Å²) in [7, 11) is -0.972. The largest absolute Gasteiger partial charge is 0.481 e. The lowest BCUT2D eigenvalue weighted by Crippen LogP contribution is -2.17. The van der Waals surface area contributed by atoms with E-state index in [2.05, 4.69) is 5.09 Å². The fourth-order valence-electron chi connectivity index (χ4n) is 2.29. The molecule has 144 valence electrons. The average molecular weight is 363 g/mol. The van der Waals surface area contributed by atoms with Crippen LogP contribution in [0.25, 0.3) is 0 Å². The van der Waals surface area contributed by atoms with Crippen LogP contribution in [0.3, 0.4) is 0 Å². The van der Waals surface area contributed by atoms with E-state index in [9.17, 15) is 4.79 Å². The van der Waals surface area contributed by atoms with Gasteiger partial charge in [0.15, 0.2) is 0 Å². The highest BCUT2D eigenvalue weighted by molar-refractivity contribution is 7.45. The average Bonchev–Trinajstić information content (AvgIpc) is 2.46. The van der Waals surface area contributed by atoms with E-state index in [1.807, 2.05) is 27.7 Å². The first kappa shape index (κ1) is 23.8. The zero-order chi connectivity index (χ0) is 18.2. The summed E-state index contributed by atoms with van der Waals surface area (Å²) in [4.78, 5) is 10.4. The zero-order valence-corrected chi connectivity index (χ0v) is 16.9. The minimum atomic E-state index is -0.972. The second-order valence-electron chi connectivity index (χ2n) is 6.80. The van der Waals surface area contributed by atoms with Gasteiger partial charge in [0.25, 0.3) is 8.53 Å². The molecule has 0 atom stereocenters. The lowest BCUT2D eigenvalue weighted by molar-refractivity contribution is -0.137. The van der Waals surface area contributed by atoms with Crippen LogP contribution in [0.15, 0.2) is 0 Å². The van der Waals surface area contributed by atoms with Crippen LogP contribution in [-0.2, 0) is 13.8 Å². The molecule has 0 saturated carbocycles. The molecule has 0 heterocycles. The van der Waals surface area contributed by atoms with Gasteiger partial charge in [0.1, 0.15) is 0 Å². The number of hydrogen-bond donors (Lipinski definition) is 2. The summed E-state index contributed by atoms with van der Waals surface area (Å²) in [5.74, 6) is -0.676. The van der Waals surface area contributed by atoms with E-state index in [0.717, 1.165) is 32.2 Å². The maximum Gasteiger partial charge on any atom is 0.303 e. The number of carbonyl (C=O) groups is 1. The Morgan fingerprint density at radius 2 is 1.25 bits per heavy atom. The van der Waals surface area contributed by atoms with Gasteiger partial charge in [-0.3, -0.25) is 9.88 Å². The van der Waals surface area contributed by atoms with Gasteiger partial charge in [0.05, 0.1) is 12.2 Å². The van der Waals surface area contributed by atoms with Crippen molar-refractivity contribution in [3.05, 3.63) is 0 Å². The van der Waals surface area contributed by atoms with Crippen molar-refractivity contribution in [2.24, 2.45) is 0 Å². The molecule has 2 N–H and O–H groups in total. The van der Waals surface area contributed by atoms with Crippen LogP contribution in [0.2, 0.25) is 0 Å². The van der Waals surface area contributed by atoms with Crippen LogP contribution in [0.5, 0.6) is 0 Å². The van der Waals surface area contributed by atoms with Crippen LogP contribution >= 0.6 is 8.53 Å². The second kappa shape index (κ2) is 16.3. The quantitative estimate of drug-likeness (QED) is 0.259. The third kappa shape index (κ3) is 18.1. The summed E-state index contributed by atoms with van der Waals surface area (Å²) in [6.07, 6.45) is 11.1. The smallest absolute Gasteiger partial charge is 0.303 e. The standard InChI is InChI=1S/C18H38NO4P/c1-16(2)22-24(23-17(3)4)19-15-13-11-9-7-5-6-8-10-12-14-18(20)21/h16-17,19H,5-15H2,1-4H3,(H,20,21). The molecule has 0 unspecified atom stereocenters. The van der Waals surface area contributed by atoms with Crippen LogP contribution in [0, 0.1) is 0 Å². The number of nitrogens with one attached hydrogen (secondary N) is 1. The minimum absolute atomic E-state index is 0.179. The number of aliphatic carboxylic acids is 1. The van der Waals surface area contributed by atoms with Crippen molar-refractivity contribution in [2.45, 2.75) is 104 Å². The van der Waals surface area contributed by atoms with Gasteiger partial charge in [-0.15, -0.1) is 0 Å². The number of carboxylic acids is 1. The highest BCUT2D eigenvalue weighted by atomic mass is 31.2. The fourth-order valence-corrected chi connectivity index (χ4v) is 3.60. The Morgan fingerprint density at radius 1 is 0.833 bits per heavy atom. The maximum atomic E-state index is 10.4. The first-order chi connectivity index (χ1) is 11.4. The van der Waals surface area contributed by atoms with Crippen LogP contribution in [-0.4, -0.2) is 29.8 Å². The summed E-state index contributed by atoms with van der Waals surface area (Å²) >= 11 is 0. The predicted molar refractivity (Wildman–Crippen MR) is 101 cm³/mol. The van der Waals surface area contributed by atoms with Gasteiger partial charge in [0, 0.05) is 13.0 Å². The summed E-state index contributed by atoms with van der Waals surface area (Å²) in [6.45, 7) is 9.07. The zero-order valence-electron chi connectivity index (χ0n) is 16.1. The van der Waals surface area contributed by atoms with Gasteiger partial charge < -0.3 is 14.2 Å². The first-order valence-electron chi connectivity index (χ1n) is 9.50. The van der Waals surface area contributed by atoms with Gasteiger partial charge in [-0.25, -0.2) is 0 Å². The molecule has 0 rings (SSSR count). The van der Waals surface area contributed by atoms with Gasteiger partial charge in [-0.1, -0.05) is 44.9 Å². The molecular formula is C18H38NO4P. The number of rotatable bonds is 17. The molecule has 0 amide bonds. The Morgan fingerprint density at radius 3 is 1.67 bits per heavy atom. The topological polar surface area (TPSA) is 67.8 Å². The summed E-state index contributed by atoms with van der Waals surface area (Å²) < 4.78 is 11.5. The molecule has 0 aromatic heterocycles. The number of hydrogen-bond acceptors (Lipinski definition) is 4. The normalized spacial score (nSPS) is 11.8. The van der Waals surface area contributed by atoms with E-state index in [0.29, 0.717) is 6.42 Å². The summed E-state index contributed by atoms with van der Waals surface area (Å²) in [5.41, 5.74) is 0. The van der Waals surface area contributed by atoms with Crippen molar-refractivity contribution >= 4 is 14.5 Å². The van der Waals surface area contributed by atoms with Crippen molar-refractivity contribution in [1.82, 2.24) is 5.09 Å². The Kier molecular flexibility index (Phi) is 16.1. The van der Waals surface area contributed by atoms with Gasteiger partial charge >= 0.3 is 5.97 Å². The maximum absolute atomic E-state index is 10.4. The molecular weight excluding hydrogens is 325 g/mol. The van der Waals surface area contributed by atoms with E-state index < -0.39 is 14.5 Å². The Balaban J connectivity index is 3.40. The van der Waals surface area contributed by atoms with Crippen molar-refractivity contribution in [2.75, 3.05) is 6.54 Å². The third-order valence-corrected chi connectivity index (χ3v) is 5.13. The first-order valence-corrected chi connectivity index (χ1v) is 10.7. The Labute approximate surface area is 149 Å². The summed E-state index contributed by atoms with van der Waals surface area (Å²) in [6, 6.07) is 0. The van der Waals surface area contributed by atoms with Crippen LogP contribution < -0.4 is 5.09 Å². The van der Waals surface area contributed by atoms with Gasteiger partial charge in [-0.2, -0.15) is 0 Å². The molecule has 0 aromatic rings. The molecule has 0 aliphatic carbocycles. The van der Waals surface area contributed by atoms with Crippen molar-refractivity contribution in [1.29, 1.82) is 0 Å². The molecule has 0 aromatic carbocycles. The molecule has 24 heavy (non-hydrogen) atoms. The lowest BCUT2D eigenvalue weighted by atomic mass is 10.1. The van der Waals surface area contributed by atoms with Crippen LogP contribution in [0.1, 0.15) is 91.9 Å². The monoisotopic (exact) mass is 363 g/mol. The number of unbranched alkanes of at least 4 members (excludes halogenated alkanes) is 8. The number of carboxylic acid groups (broad SMARTS) is 1. The van der Waals surface area contributed by atoms with Crippen molar-refractivity contribution < 1.29 is 18.9 Å². The van der Waals surface area contributed by atoms with Crippen LogP contribution in [0.4, 0.5) is 0 Å². The highest BCUT2D eigenvalue weighted by Gasteiger charge is 2.13. The molecule has 5 nitrogen and oxygen atoms in total. The van der Waals surface area contributed by atoms with E-state index in [1.54, 1.807) is 0 Å². The molecule has 0 bridgehead atoms. The lowest BCUT2D eigenvalue weighted by Gasteiger charge is -2.22. The Hall–Kier alpha value is -0.220. The Bertz CT molecular complexity index is 291. The SMILES string of the molecule is CC(C)OP(NCCCCCCCCCCCC(=O)O)OC(C)C. The van der Waals surface area contributed by atoms with Crippen molar-refractivity contribution in [3.8, 4) is 0 Å². The molecule has 0 aliphatic rings. The molecule has 0 saturated heterocycles. The second-order valence-corrected chi connectivity index (χ2v) is 8.05. The fraction of sp³-hybridized carbons (Fsp3) is 0.944. The van der Waals surface area contributed by atoms with Crippen molar-refractivity contribution in [3.63, 3.8) is 0 Å².